The van der Waals surface area contributed by atoms with Crippen LogP contribution in [0.25, 0.3) is 0 Å². The Hall–Kier alpha value is -1.51. The van der Waals surface area contributed by atoms with Crippen LogP contribution in [0.4, 0.5) is 0 Å². The number of carbonyl (C=O) groups is 1. The molecule has 1 heterocycles. The summed E-state index contributed by atoms with van der Waals surface area (Å²) in [6, 6.07) is 0. The van der Waals surface area contributed by atoms with Crippen molar-refractivity contribution in [3.63, 3.8) is 0 Å². The number of hydrogen-bond donors (Lipinski definition) is 2. The molecule has 3 heteroatoms. The van der Waals surface area contributed by atoms with Crippen LogP contribution in [-0.2, 0) is 4.79 Å². The van der Waals surface area contributed by atoms with E-state index in [0.717, 1.165) is 19.3 Å². The van der Waals surface area contributed by atoms with Crippen LogP contribution in [0.5, 0.6) is 0 Å². The van der Waals surface area contributed by atoms with Crippen LogP contribution in [0.3, 0.4) is 0 Å². The van der Waals surface area contributed by atoms with Crippen LogP contribution in [0, 0.1) is 11.8 Å². The number of aliphatic carboxylic acids is 1. The van der Waals surface area contributed by atoms with E-state index < -0.39 is 5.97 Å². The van der Waals surface area contributed by atoms with Gasteiger partial charge < -0.3 is 10.4 Å². The first-order chi connectivity index (χ1) is 8.13. The smallest absolute Gasteiger partial charge is 0.331 e. The first-order valence-electron chi connectivity index (χ1n) is 6.12. The van der Waals surface area contributed by atoms with Crippen LogP contribution < -0.4 is 5.32 Å². The highest BCUT2D eigenvalue weighted by Gasteiger charge is 2.24. The van der Waals surface area contributed by atoms with Gasteiger partial charge in [0.2, 0.25) is 0 Å². The molecule has 0 amide bonds. The Kier molecular flexibility index (Phi) is 5.53. The minimum atomic E-state index is -0.746. The van der Waals surface area contributed by atoms with E-state index in [1.54, 1.807) is 0 Å². The monoisotopic (exact) mass is 235 g/mol. The molecular weight excluding hydrogens is 214 g/mol. The summed E-state index contributed by atoms with van der Waals surface area (Å²) >= 11 is 0. The molecule has 2 aliphatic rings. The van der Waals surface area contributed by atoms with E-state index in [-0.39, 0.29) is 5.92 Å². The van der Waals surface area contributed by atoms with Gasteiger partial charge in [-0.3, -0.25) is 0 Å². The zero-order valence-corrected chi connectivity index (χ0v) is 10.5. The predicted octanol–water partition coefficient (Wildman–Crippen LogP) is 3.07. The molecule has 0 aromatic heterocycles. The zero-order chi connectivity index (χ0) is 12.7. The number of carboxylic acids is 1. The lowest BCUT2D eigenvalue weighted by molar-refractivity contribution is -0.133. The van der Waals surface area contributed by atoms with E-state index >= 15 is 0 Å². The van der Waals surface area contributed by atoms with Crippen LogP contribution in [-0.4, -0.2) is 11.1 Å². The minimum Gasteiger partial charge on any atom is -0.478 e. The third-order valence-electron chi connectivity index (χ3n) is 3.28. The molecule has 0 aromatic rings. The molecule has 0 aromatic carbocycles. The van der Waals surface area contributed by atoms with Crippen molar-refractivity contribution < 1.29 is 9.90 Å². The van der Waals surface area contributed by atoms with Gasteiger partial charge in [0.15, 0.2) is 0 Å². The lowest BCUT2D eigenvalue weighted by Crippen LogP contribution is -2.20. The molecule has 0 spiro atoms. The van der Waals surface area contributed by atoms with Crippen molar-refractivity contribution in [2.45, 2.75) is 33.1 Å². The van der Waals surface area contributed by atoms with Gasteiger partial charge in [0, 0.05) is 5.57 Å². The van der Waals surface area contributed by atoms with Crippen LogP contribution in [0.1, 0.15) is 33.1 Å². The molecule has 0 bridgehead atoms. The molecule has 0 saturated heterocycles. The summed E-state index contributed by atoms with van der Waals surface area (Å²) in [7, 11) is 0. The van der Waals surface area contributed by atoms with E-state index in [1.165, 1.54) is 0 Å². The van der Waals surface area contributed by atoms with Crippen LogP contribution in [0.2, 0.25) is 0 Å². The third-order valence-corrected chi connectivity index (χ3v) is 3.28. The SMILES string of the molecule is C1=CNC=CC1.CC1CCC=C(C(=O)O)C1C. The molecule has 2 N–H and O–H groups in total. The largest absolute Gasteiger partial charge is 0.478 e. The van der Waals surface area contributed by atoms with Gasteiger partial charge in [-0.2, -0.15) is 0 Å². The number of carboxylic acid groups (broad SMARTS) is 1. The summed E-state index contributed by atoms with van der Waals surface area (Å²) < 4.78 is 0. The Morgan fingerprint density at radius 2 is 2.00 bits per heavy atom. The molecule has 94 valence electrons. The van der Waals surface area contributed by atoms with Gasteiger partial charge in [-0.05, 0) is 43.5 Å². The normalized spacial score (nSPS) is 26.4. The fourth-order valence-corrected chi connectivity index (χ4v) is 1.93. The van der Waals surface area contributed by atoms with Crippen LogP contribution >= 0.6 is 0 Å². The summed E-state index contributed by atoms with van der Waals surface area (Å²) in [5.41, 5.74) is 0.601. The lowest BCUT2D eigenvalue weighted by Gasteiger charge is -2.24. The Morgan fingerprint density at radius 3 is 2.35 bits per heavy atom. The number of hydrogen-bond acceptors (Lipinski definition) is 2. The summed E-state index contributed by atoms with van der Waals surface area (Å²) in [5.74, 6) is -0.00333. The number of rotatable bonds is 1. The van der Waals surface area contributed by atoms with Crippen molar-refractivity contribution >= 4 is 5.97 Å². The highest BCUT2D eigenvalue weighted by atomic mass is 16.4. The standard InChI is InChI=1S/C9H14O2.C5H7N/c1-6-4-3-5-8(7(6)2)9(10)11;1-2-4-6-5-3-1/h5-7H,3-4H2,1-2H3,(H,10,11);2-6H,1H2. The van der Waals surface area contributed by atoms with Crippen molar-refractivity contribution in [1.82, 2.24) is 5.32 Å². The van der Waals surface area contributed by atoms with Crippen molar-refractivity contribution in [3.05, 3.63) is 36.2 Å². The molecule has 0 fully saturated rings. The van der Waals surface area contributed by atoms with E-state index in [4.69, 9.17) is 5.11 Å². The van der Waals surface area contributed by atoms with Gasteiger partial charge in [0.25, 0.3) is 0 Å². The second kappa shape index (κ2) is 6.94. The van der Waals surface area contributed by atoms with Crippen molar-refractivity contribution in [3.8, 4) is 0 Å². The summed E-state index contributed by atoms with van der Waals surface area (Å²) in [4.78, 5) is 10.6. The summed E-state index contributed by atoms with van der Waals surface area (Å²) in [6.07, 6.45) is 13.0. The molecule has 2 atom stereocenters. The van der Waals surface area contributed by atoms with Gasteiger partial charge in [-0.25, -0.2) is 4.79 Å². The highest BCUT2D eigenvalue weighted by molar-refractivity contribution is 5.87. The minimum absolute atomic E-state index is 0.223. The molecule has 2 rings (SSSR count). The molecule has 1 aliphatic heterocycles. The highest BCUT2D eigenvalue weighted by Crippen LogP contribution is 2.29. The Labute approximate surface area is 103 Å². The summed E-state index contributed by atoms with van der Waals surface area (Å²) in [5, 5.41) is 11.7. The van der Waals surface area contributed by atoms with Gasteiger partial charge in [-0.1, -0.05) is 32.1 Å². The molecule has 0 radical (unpaired) electrons. The average Bonchev–Trinajstić information content (AvgIpc) is 2.35. The van der Waals surface area contributed by atoms with E-state index in [0.29, 0.717) is 11.5 Å². The maximum Gasteiger partial charge on any atom is 0.331 e. The molecule has 0 saturated carbocycles. The maximum absolute atomic E-state index is 10.6. The van der Waals surface area contributed by atoms with Crippen molar-refractivity contribution in [1.29, 1.82) is 0 Å². The number of allylic oxidation sites excluding steroid dienone is 3. The first kappa shape index (κ1) is 13.6. The quantitative estimate of drug-likeness (QED) is 0.734. The van der Waals surface area contributed by atoms with E-state index in [2.05, 4.69) is 24.4 Å². The number of dihydropyridines is 1. The van der Waals surface area contributed by atoms with E-state index in [9.17, 15) is 4.79 Å². The average molecular weight is 235 g/mol. The van der Waals surface area contributed by atoms with Crippen molar-refractivity contribution in [2.75, 3.05) is 0 Å². The molecule has 1 aliphatic carbocycles. The zero-order valence-electron chi connectivity index (χ0n) is 10.5. The number of nitrogens with one attached hydrogen (secondary N) is 1. The summed E-state index contributed by atoms with van der Waals surface area (Å²) in [6.45, 7) is 4.10. The van der Waals surface area contributed by atoms with Gasteiger partial charge in [0.1, 0.15) is 0 Å². The second-order valence-corrected chi connectivity index (χ2v) is 4.52. The fraction of sp³-hybridized carbons (Fsp3) is 0.500. The van der Waals surface area contributed by atoms with E-state index in [1.807, 2.05) is 25.4 Å². The molecular formula is C14H21NO2. The lowest BCUT2D eigenvalue weighted by atomic mass is 9.81. The first-order valence-corrected chi connectivity index (χ1v) is 6.12. The van der Waals surface area contributed by atoms with Gasteiger partial charge >= 0.3 is 5.97 Å². The Bertz CT molecular complexity index is 322. The van der Waals surface area contributed by atoms with Gasteiger partial charge in [0.05, 0.1) is 0 Å². The Morgan fingerprint density at radius 1 is 1.35 bits per heavy atom. The molecule has 3 nitrogen and oxygen atoms in total. The van der Waals surface area contributed by atoms with Crippen LogP contribution in [0.15, 0.2) is 36.2 Å². The Balaban J connectivity index is 0.000000202. The molecule has 2 unspecified atom stereocenters. The second-order valence-electron chi connectivity index (χ2n) is 4.52. The van der Waals surface area contributed by atoms with Crippen molar-refractivity contribution in [2.24, 2.45) is 11.8 Å². The fourth-order valence-electron chi connectivity index (χ4n) is 1.93. The topological polar surface area (TPSA) is 49.3 Å². The third kappa shape index (κ3) is 4.47. The molecule has 17 heavy (non-hydrogen) atoms. The maximum atomic E-state index is 10.6. The van der Waals surface area contributed by atoms with Gasteiger partial charge in [-0.15, -0.1) is 0 Å². The predicted molar refractivity (Wildman–Crippen MR) is 69.3 cm³/mol.